The summed E-state index contributed by atoms with van der Waals surface area (Å²) in [6, 6.07) is 27.4. The molecule has 0 spiro atoms. The van der Waals surface area contributed by atoms with E-state index in [-0.39, 0.29) is 0 Å². The number of aromatic nitrogens is 2. The van der Waals surface area contributed by atoms with Crippen LogP contribution in [0.2, 0.25) is 0 Å². The maximum atomic E-state index is 2.60. The second-order valence-electron chi connectivity index (χ2n) is 11.2. The van der Waals surface area contributed by atoms with Gasteiger partial charge in [0.1, 0.15) is 11.7 Å². The second kappa shape index (κ2) is 9.49. The number of fused-ring (bicyclic) bond motifs is 3. The summed E-state index contributed by atoms with van der Waals surface area (Å²) >= 11 is 0. The third kappa shape index (κ3) is 4.24. The van der Waals surface area contributed by atoms with E-state index >= 15 is 0 Å². The molecule has 1 aromatic heterocycles. The molecule has 0 saturated carbocycles. The molecular formula is C33H39N2+. The smallest absolute Gasteiger partial charge is 0.226 e. The van der Waals surface area contributed by atoms with Crippen LogP contribution >= 0.6 is 0 Å². The number of para-hydroxylation sites is 1. The summed E-state index contributed by atoms with van der Waals surface area (Å²) in [5, 5.41) is 0. The molecule has 1 atom stereocenters. The Labute approximate surface area is 211 Å². The fourth-order valence-electron chi connectivity index (χ4n) is 5.87. The summed E-state index contributed by atoms with van der Waals surface area (Å²) in [7, 11) is 0. The maximum absolute atomic E-state index is 2.60. The van der Waals surface area contributed by atoms with Crippen LogP contribution in [-0.2, 0) is 6.42 Å². The first-order valence-corrected chi connectivity index (χ1v) is 13.3. The van der Waals surface area contributed by atoms with Crippen LogP contribution in [0.4, 0.5) is 0 Å². The molecule has 1 aliphatic heterocycles. The van der Waals surface area contributed by atoms with Gasteiger partial charge in [-0.05, 0) is 29.7 Å². The highest BCUT2D eigenvalue weighted by molar-refractivity contribution is 5.80. The topological polar surface area (TPSA) is 8.81 Å². The monoisotopic (exact) mass is 463 g/mol. The summed E-state index contributed by atoms with van der Waals surface area (Å²) in [6.07, 6.45) is 4.69. The molecule has 0 unspecified atom stereocenters. The summed E-state index contributed by atoms with van der Waals surface area (Å²) in [5.41, 5.74) is 11.0. The minimum absolute atomic E-state index is 0.440. The van der Waals surface area contributed by atoms with Crippen LogP contribution in [0.1, 0.15) is 82.5 Å². The van der Waals surface area contributed by atoms with Gasteiger partial charge in [0.15, 0.2) is 11.4 Å². The Morgan fingerprint density at radius 1 is 0.771 bits per heavy atom. The minimum Gasteiger partial charge on any atom is -0.226 e. The molecule has 0 N–H and O–H groups in total. The van der Waals surface area contributed by atoms with E-state index in [1.54, 1.807) is 0 Å². The molecule has 0 saturated heterocycles. The van der Waals surface area contributed by atoms with Crippen LogP contribution in [0.3, 0.4) is 0 Å². The van der Waals surface area contributed by atoms with E-state index in [9.17, 15) is 0 Å². The molecule has 2 nitrogen and oxygen atoms in total. The molecule has 0 amide bonds. The predicted molar refractivity (Wildman–Crippen MR) is 147 cm³/mol. The fourth-order valence-corrected chi connectivity index (χ4v) is 5.87. The maximum Gasteiger partial charge on any atom is 0.250 e. The van der Waals surface area contributed by atoms with Crippen LogP contribution in [0.5, 0.6) is 0 Å². The lowest BCUT2D eigenvalue weighted by Gasteiger charge is -2.24. The molecule has 3 aromatic carbocycles. The Bertz CT molecular complexity index is 1300. The van der Waals surface area contributed by atoms with Crippen molar-refractivity contribution in [3.05, 3.63) is 95.8 Å². The molecule has 0 aliphatic carbocycles. The number of rotatable bonds is 6. The van der Waals surface area contributed by atoms with Gasteiger partial charge in [0.2, 0.25) is 6.33 Å². The standard InChI is InChI=1S/C33H39N2/c1-22(2)19-27-20-26-15-10-11-16-30(26)33-31(25-13-8-7-9-14-25)35(21-34(27)33)32-28(23(3)4)17-12-18-29(32)24(5)6/h7-18,21-24,27H,19-20H2,1-6H3/q+1/t27-/m0/s1. The highest BCUT2D eigenvalue weighted by atomic mass is 15.2. The molecule has 0 fully saturated rings. The first-order chi connectivity index (χ1) is 16.9. The van der Waals surface area contributed by atoms with Crippen molar-refractivity contribution in [1.82, 2.24) is 4.57 Å². The summed E-state index contributed by atoms with van der Waals surface area (Å²) < 4.78 is 5.14. The van der Waals surface area contributed by atoms with Gasteiger partial charge < -0.3 is 0 Å². The molecule has 35 heavy (non-hydrogen) atoms. The van der Waals surface area contributed by atoms with Gasteiger partial charge in [0, 0.05) is 28.7 Å². The molecule has 2 heterocycles. The quantitative estimate of drug-likeness (QED) is 0.253. The van der Waals surface area contributed by atoms with E-state index in [1.165, 1.54) is 51.3 Å². The highest BCUT2D eigenvalue weighted by Gasteiger charge is 2.37. The van der Waals surface area contributed by atoms with Gasteiger partial charge in [0.25, 0.3) is 0 Å². The molecule has 1 aliphatic rings. The van der Waals surface area contributed by atoms with Gasteiger partial charge in [-0.15, -0.1) is 0 Å². The zero-order valence-corrected chi connectivity index (χ0v) is 22.1. The van der Waals surface area contributed by atoms with Crippen LogP contribution in [-0.4, -0.2) is 4.57 Å². The van der Waals surface area contributed by atoms with Gasteiger partial charge in [-0.2, -0.15) is 4.57 Å². The molecule has 4 aromatic rings. The molecule has 2 heteroatoms. The van der Waals surface area contributed by atoms with Crippen molar-refractivity contribution in [2.75, 3.05) is 0 Å². The second-order valence-corrected chi connectivity index (χ2v) is 11.2. The van der Waals surface area contributed by atoms with Crippen molar-refractivity contribution in [3.63, 3.8) is 0 Å². The summed E-state index contributed by atoms with van der Waals surface area (Å²) in [5.74, 6) is 1.52. The largest absolute Gasteiger partial charge is 0.250 e. The predicted octanol–water partition coefficient (Wildman–Crippen LogP) is 8.49. The van der Waals surface area contributed by atoms with Gasteiger partial charge in [-0.3, -0.25) is 0 Å². The average molecular weight is 464 g/mol. The van der Waals surface area contributed by atoms with E-state index in [4.69, 9.17) is 0 Å². The van der Waals surface area contributed by atoms with Gasteiger partial charge in [-0.1, -0.05) is 114 Å². The SMILES string of the molecule is CC(C)C[C@H]1Cc2ccccc2-c2c(-c3ccccc3)n(-c3c(C(C)C)cccc3C(C)C)c[n+]21. The molecule has 180 valence electrons. The number of hydrogen-bond donors (Lipinski definition) is 0. The number of hydrogen-bond acceptors (Lipinski definition) is 0. The Morgan fingerprint density at radius 3 is 2.03 bits per heavy atom. The summed E-state index contributed by atoms with van der Waals surface area (Å²) in [4.78, 5) is 0. The van der Waals surface area contributed by atoms with Crippen molar-refractivity contribution >= 4 is 0 Å². The van der Waals surface area contributed by atoms with E-state index < -0.39 is 0 Å². The Balaban J connectivity index is 1.91. The fraction of sp³-hybridized carbons (Fsp3) is 0.364. The van der Waals surface area contributed by atoms with E-state index in [0.717, 1.165) is 6.42 Å². The third-order valence-electron chi connectivity index (χ3n) is 7.46. The van der Waals surface area contributed by atoms with Crippen molar-refractivity contribution in [2.45, 2.75) is 72.3 Å². The van der Waals surface area contributed by atoms with E-state index in [2.05, 4.69) is 130 Å². The zero-order valence-electron chi connectivity index (χ0n) is 22.1. The lowest BCUT2D eigenvalue weighted by atomic mass is 9.88. The lowest BCUT2D eigenvalue weighted by Crippen LogP contribution is -2.44. The Morgan fingerprint density at radius 2 is 1.40 bits per heavy atom. The van der Waals surface area contributed by atoms with Crippen molar-refractivity contribution in [3.8, 4) is 28.2 Å². The van der Waals surface area contributed by atoms with E-state index in [0.29, 0.717) is 23.8 Å². The molecule has 0 radical (unpaired) electrons. The molecular weight excluding hydrogens is 424 g/mol. The van der Waals surface area contributed by atoms with Crippen molar-refractivity contribution in [2.24, 2.45) is 5.92 Å². The van der Waals surface area contributed by atoms with Crippen LogP contribution in [0, 0.1) is 5.92 Å². The van der Waals surface area contributed by atoms with Gasteiger partial charge >= 0.3 is 0 Å². The summed E-state index contributed by atoms with van der Waals surface area (Å²) in [6.45, 7) is 14.0. The van der Waals surface area contributed by atoms with Crippen molar-refractivity contribution < 1.29 is 4.57 Å². The third-order valence-corrected chi connectivity index (χ3v) is 7.46. The first kappa shape index (κ1) is 23.6. The van der Waals surface area contributed by atoms with E-state index in [1.807, 2.05) is 0 Å². The molecule has 5 rings (SSSR count). The Hall–Kier alpha value is -3.13. The zero-order chi connectivity index (χ0) is 24.7. The number of benzene rings is 3. The molecule has 0 bridgehead atoms. The first-order valence-electron chi connectivity index (χ1n) is 13.3. The lowest BCUT2D eigenvalue weighted by molar-refractivity contribution is -0.715. The Kier molecular flexibility index (Phi) is 6.40. The van der Waals surface area contributed by atoms with Gasteiger partial charge in [0.05, 0.1) is 0 Å². The van der Waals surface area contributed by atoms with Crippen molar-refractivity contribution in [1.29, 1.82) is 0 Å². The number of imidazole rings is 1. The highest BCUT2D eigenvalue weighted by Crippen LogP contribution is 2.42. The van der Waals surface area contributed by atoms with Crippen LogP contribution in [0.25, 0.3) is 28.2 Å². The van der Waals surface area contributed by atoms with Crippen LogP contribution < -0.4 is 4.57 Å². The average Bonchev–Trinajstić information content (AvgIpc) is 3.24. The minimum atomic E-state index is 0.440. The number of nitrogens with zero attached hydrogens (tertiary/aromatic N) is 2. The van der Waals surface area contributed by atoms with Gasteiger partial charge in [-0.25, -0.2) is 4.57 Å². The normalized spacial score (nSPS) is 15.1. The van der Waals surface area contributed by atoms with Crippen LogP contribution in [0.15, 0.2) is 79.1 Å².